The highest BCUT2D eigenvalue weighted by molar-refractivity contribution is 7.89. The molecule has 2 aromatic rings. The standard InChI is InChI=1S/C23H34N4O5S/c1-4-13-32-21-8-7-17(33(29,30)24-9-10-27-11-14-31-15-12-27)16-19(21)22-25-20(6-3)18(5-2)23(28)26-22/h7-8,16,24H,4-6,9-15H2,1-3H3,(H,25,26,28). The largest absolute Gasteiger partial charge is 0.493 e. The van der Waals surface area contributed by atoms with Crippen molar-refractivity contribution in [3.8, 4) is 17.1 Å². The molecule has 0 unspecified atom stereocenters. The molecule has 1 aromatic carbocycles. The minimum absolute atomic E-state index is 0.101. The van der Waals surface area contributed by atoms with E-state index in [1.54, 1.807) is 6.07 Å². The summed E-state index contributed by atoms with van der Waals surface area (Å²) in [7, 11) is -3.75. The van der Waals surface area contributed by atoms with Crippen molar-refractivity contribution in [1.82, 2.24) is 19.6 Å². The van der Waals surface area contributed by atoms with E-state index >= 15 is 0 Å². The first-order chi connectivity index (χ1) is 15.9. The zero-order valence-electron chi connectivity index (χ0n) is 19.6. The number of nitrogens with zero attached hydrogens (tertiary/aromatic N) is 2. The van der Waals surface area contributed by atoms with Crippen LogP contribution in [0, 0.1) is 0 Å². The fraction of sp³-hybridized carbons (Fsp3) is 0.565. The van der Waals surface area contributed by atoms with Gasteiger partial charge in [-0.25, -0.2) is 18.1 Å². The Kier molecular flexibility index (Phi) is 9.02. The Bertz CT molecular complexity index is 1090. The van der Waals surface area contributed by atoms with Crippen molar-refractivity contribution in [3.05, 3.63) is 39.8 Å². The van der Waals surface area contributed by atoms with Crippen LogP contribution in [-0.4, -0.2) is 69.3 Å². The van der Waals surface area contributed by atoms with Crippen molar-refractivity contribution >= 4 is 10.0 Å². The lowest BCUT2D eigenvalue weighted by Crippen LogP contribution is -2.41. The number of hydrogen-bond acceptors (Lipinski definition) is 7. The third-order valence-electron chi connectivity index (χ3n) is 5.59. The minimum Gasteiger partial charge on any atom is -0.493 e. The molecule has 1 aliphatic rings. The molecule has 0 bridgehead atoms. The molecule has 0 spiro atoms. The SMILES string of the molecule is CCCOc1ccc(S(=O)(=O)NCCN2CCOCC2)cc1-c1nc(CC)c(CC)c(=O)[nH]1. The summed E-state index contributed by atoms with van der Waals surface area (Å²) in [6.07, 6.45) is 1.97. The van der Waals surface area contributed by atoms with Gasteiger partial charge >= 0.3 is 0 Å². The topological polar surface area (TPSA) is 114 Å². The van der Waals surface area contributed by atoms with E-state index in [0.29, 0.717) is 74.1 Å². The lowest BCUT2D eigenvalue weighted by atomic mass is 10.1. The zero-order chi connectivity index (χ0) is 23.8. The summed E-state index contributed by atoms with van der Waals surface area (Å²) in [5.41, 5.74) is 1.59. The summed E-state index contributed by atoms with van der Waals surface area (Å²) in [4.78, 5) is 22.4. The van der Waals surface area contributed by atoms with Crippen LogP contribution in [0.2, 0.25) is 0 Å². The lowest BCUT2D eigenvalue weighted by Gasteiger charge is -2.26. The summed E-state index contributed by atoms with van der Waals surface area (Å²) in [5.74, 6) is 0.795. The average molecular weight is 479 g/mol. The van der Waals surface area contributed by atoms with E-state index in [1.165, 1.54) is 12.1 Å². The van der Waals surface area contributed by atoms with Crippen molar-refractivity contribution in [2.75, 3.05) is 46.0 Å². The second-order valence-electron chi connectivity index (χ2n) is 7.91. The van der Waals surface area contributed by atoms with Crippen molar-refractivity contribution in [2.24, 2.45) is 0 Å². The maximum Gasteiger partial charge on any atom is 0.254 e. The predicted octanol–water partition coefficient (Wildman–Crippen LogP) is 1.96. The number of aromatic amines is 1. The zero-order valence-corrected chi connectivity index (χ0v) is 20.5. The number of benzene rings is 1. The molecule has 33 heavy (non-hydrogen) atoms. The number of aryl methyl sites for hydroxylation is 1. The number of morpholine rings is 1. The van der Waals surface area contributed by atoms with Gasteiger partial charge in [0.1, 0.15) is 11.6 Å². The average Bonchev–Trinajstić information content (AvgIpc) is 2.82. The Morgan fingerprint density at radius 2 is 1.94 bits per heavy atom. The Hall–Kier alpha value is -2.27. The van der Waals surface area contributed by atoms with Crippen LogP contribution in [0.15, 0.2) is 27.9 Å². The normalized spacial score (nSPS) is 15.0. The molecule has 0 amide bonds. The number of sulfonamides is 1. The molecule has 0 atom stereocenters. The Labute approximate surface area is 195 Å². The molecule has 182 valence electrons. The maximum absolute atomic E-state index is 13.0. The molecule has 2 heterocycles. The Morgan fingerprint density at radius 3 is 2.61 bits per heavy atom. The highest BCUT2D eigenvalue weighted by Gasteiger charge is 2.20. The van der Waals surface area contributed by atoms with E-state index in [0.717, 1.165) is 19.5 Å². The number of rotatable bonds is 11. The van der Waals surface area contributed by atoms with E-state index in [4.69, 9.17) is 9.47 Å². The smallest absolute Gasteiger partial charge is 0.254 e. The van der Waals surface area contributed by atoms with Gasteiger partial charge in [0.05, 0.1) is 36.0 Å². The third kappa shape index (κ3) is 6.41. The van der Waals surface area contributed by atoms with Gasteiger partial charge in [0.25, 0.3) is 5.56 Å². The van der Waals surface area contributed by atoms with Crippen molar-refractivity contribution < 1.29 is 17.9 Å². The molecular formula is C23H34N4O5S. The first-order valence-electron chi connectivity index (χ1n) is 11.6. The molecule has 0 radical (unpaired) electrons. The molecule has 9 nitrogen and oxygen atoms in total. The molecule has 3 rings (SSSR count). The van der Waals surface area contributed by atoms with Gasteiger partial charge in [-0.1, -0.05) is 20.8 Å². The Balaban J connectivity index is 1.91. The molecule has 0 saturated carbocycles. The maximum atomic E-state index is 13.0. The van der Waals surface area contributed by atoms with Gasteiger partial charge in [0, 0.05) is 31.7 Å². The summed E-state index contributed by atoms with van der Waals surface area (Å²) in [6.45, 7) is 10.1. The van der Waals surface area contributed by atoms with Gasteiger partial charge in [-0.05, 0) is 37.5 Å². The summed E-state index contributed by atoms with van der Waals surface area (Å²) in [5, 5.41) is 0. The van der Waals surface area contributed by atoms with E-state index in [1.807, 2.05) is 20.8 Å². The molecule has 10 heteroatoms. The van der Waals surface area contributed by atoms with Crippen molar-refractivity contribution in [2.45, 2.75) is 44.9 Å². The van der Waals surface area contributed by atoms with E-state index in [2.05, 4.69) is 19.6 Å². The quantitative estimate of drug-likeness (QED) is 0.507. The van der Waals surface area contributed by atoms with Crippen molar-refractivity contribution in [3.63, 3.8) is 0 Å². The van der Waals surface area contributed by atoms with Crippen LogP contribution in [0.1, 0.15) is 38.4 Å². The summed E-state index contributed by atoms with van der Waals surface area (Å²) in [6, 6.07) is 4.66. The number of aromatic nitrogens is 2. The third-order valence-corrected chi connectivity index (χ3v) is 7.05. The van der Waals surface area contributed by atoms with Crippen LogP contribution >= 0.6 is 0 Å². The van der Waals surface area contributed by atoms with Gasteiger partial charge in [-0.2, -0.15) is 0 Å². The first kappa shape index (κ1) is 25.4. The van der Waals surface area contributed by atoms with Gasteiger partial charge in [0.2, 0.25) is 10.0 Å². The van der Waals surface area contributed by atoms with Crippen LogP contribution in [-0.2, 0) is 27.6 Å². The molecule has 0 aliphatic carbocycles. The predicted molar refractivity (Wildman–Crippen MR) is 127 cm³/mol. The van der Waals surface area contributed by atoms with Gasteiger partial charge < -0.3 is 14.5 Å². The second kappa shape index (κ2) is 11.7. The van der Waals surface area contributed by atoms with E-state index < -0.39 is 10.0 Å². The number of hydrogen-bond donors (Lipinski definition) is 2. The lowest BCUT2D eigenvalue weighted by molar-refractivity contribution is 0.0390. The molecule has 1 fully saturated rings. The first-order valence-corrected chi connectivity index (χ1v) is 13.1. The molecule has 2 N–H and O–H groups in total. The van der Waals surface area contributed by atoms with Gasteiger partial charge in [-0.3, -0.25) is 9.69 Å². The highest BCUT2D eigenvalue weighted by atomic mass is 32.2. The van der Waals surface area contributed by atoms with Crippen LogP contribution in [0.25, 0.3) is 11.4 Å². The molecule has 1 aromatic heterocycles. The number of H-pyrrole nitrogens is 1. The fourth-order valence-electron chi connectivity index (χ4n) is 3.77. The fourth-order valence-corrected chi connectivity index (χ4v) is 4.82. The number of nitrogens with one attached hydrogen (secondary N) is 2. The monoisotopic (exact) mass is 478 g/mol. The number of ether oxygens (including phenoxy) is 2. The summed E-state index contributed by atoms with van der Waals surface area (Å²) >= 11 is 0. The van der Waals surface area contributed by atoms with Crippen LogP contribution in [0.4, 0.5) is 0 Å². The van der Waals surface area contributed by atoms with Crippen molar-refractivity contribution in [1.29, 1.82) is 0 Å². The van der Waals surface area contributed by atoms with Crippen LogP contribution < -0.4 is 15.0 Å². The van der Waals surface area contributed by atoms with E-state index in [9.17, 15) is 13.2 Å². The molecular weight excluding hydrogens is 444 g/mol. The van der Waals surface area contributed by atoms with E-state index in [-0.39, 0.29) is 10.5 Å². The van der Waals surface area contributed by atoms with Gasteiger partial charge in [-0.15, -0.1) is 0 Å². The van der Waals surface area contributed by atoms with Crippen LogP contribution in [0.5, 0.6) is 5.75 Å². The highest BCUT2D eigenvalue weighted by Crippen LogP contribution is 2.30. The summed E-state index contributed by atoms with van der Waals surface area (Å²) < 4.78 is 39.8. The Morgan fingerprint density at radius 1 is 1.18 bits per heavy atom. The molecule has 1 saturated heterocycles. The molecule has 1 aliphatic heterocycles. The minimum atomic E-state index is -3.75. The second-order valence-corrected chi connectivity index (χ2v) is 9.67. The van der Waals surface area contributed by atoms with Crippen LogP contribution in [0.3, 0.4) is 0 Å². The van der Waals surface area contributed by atoms with Gasteiger partial charge in [0.15, 0.2) is 0 Å².